The van der Waals surface area contributed by atoms with E-state index in [0.717, 1.165) is 44.4 Å². The zero-order valence-electron chi connectivity index (χ0n) is 19.6. The topological polar surface area (TPSA) is 52.9 Å². The maximum atomic E-state index is 11.0. The number of fused-ring (bicyclic) bond motifs is 5. The van der Waals surface area contributed by atoms with Gasteiger partial charge in [-0.2, -0.15) is 0 Å². The fourth-order valence-corrected chi connectivity index (χ4v) is 7.15. The normalized spacial score (nSPS) is 33.5. The number of aliphatic hydroxyl groups excluding tert-OH is 1. The van der Waals surface area contributed by atoms with Crippen LogP contribution >= 0.6 is 0 Å². The van der Waals surface area contributed by atoms with Crippen LogP contribution in [0.2, 0.25) is 0 Å². The maximum Gasteiger partial charge on any atom is 0.119 e. The van der Waals surface area contributed by atoms with E-state index in [0.29, 0.717) is 36.0 Å². The van der Waals surface area contributed by atoms with E-state index in [1.807, 2.05) is 12.1 Å². The van der Waals surface area contributed by atoms with Crippen LogP contribution in [0.15, 0.2) is 42.5 Å². The second-order valence-electron chi connectivity index (χ2n) is 10.8. The van der Waals surface area contributed by atoms with Crippen molar-refractivity contribution < 1.29 is 14.9 Å². The first-order valence-corrected chi connectivity index (χ1v) is 12.2. The van der Waals surface area contributed by atoms with Gasteiger partial charge in [-0.15, -0.1) is 0 Å². The van der Waals surface area contributed by atoms with E-state index in [2.05, 4.69) is 56.3 Å². The van der Waals surface area contributed by atoms with Gasteiger partial charge in [-0.05, 0) is 116 Å². The molecular formula is C28H37NO3. The van der Waals surface area contributed by atoms with Crippen molar-refractivity contribution in [1.82, 2.24) is 4.90 Å². The lowest BCUT2D eigenvalue weighted by molar-refractivity contribution is -0.0323. The molecule has 0 aromatic heterocycles. The molecule has 0 bridgehead atoms. The highest BCUT2D eigenvalue weighted by Crippen LogP contribution is 2.65. The molecule has 2 fully saturated rings. The zero-order chi connectivity index (χ0) is 22.5. The van der Waals surface area contributed by atoms with E-state index >= 15 is 0 Å². The third-order valence-corrected chi connectivity index (χ3v) is 8.78. The van der Waals surface area contributed by atoms with Crippen LogP contribution in [0.25, 0.3) is 0 Å². The second-order valence-corrected chi connectivity index (χ2v) is 10.8. The van der Waals surface area contributed by atoms with Crippen LogP contribution in [0.5, 0.6) is 11.5 Å². The minimum absolute atomic E-state index is 0.0128. The molecule has 2 N–H and O–H groups in total. The number of rotatable bonds is 5. The number of aryl methyl sites for hydroxylation is 1. The maximum absolute atomic E-state index is 11.0. The quantitative estimate of drug-likeness (QED) is 0.698. The van der Waals surface area contributed by atoms with Gasteiger partial charge in [0.25, 0.3) is 0 Å². The summed E-state index contributed by atoms with van der Waals surface area (Å²) in [5.74, 6) is 3.27. The molecule has 172 valence electrons. The molecule has 3 aliphatic rings. The average Bonchev–Trinajstić information content (AvgIpc) is 3.07. The number of likely N-dealkylation sites (N-methyl/N-ethyl adjacent to an activating group) is 1. The number of aliphatic hydroxyl groups is 1. The first kappa shape index (κ1) is 21.8. The summed E-state index contributed by atoms with van der Waals surface area (Å²) in [6, 6.07) is 14.7. The predicted molar refractivity (Wildman–Crippen MR) is 127 cm³/mol. The second kappa shape index (κ2) is 8.39. The van der Waals surface area contributed by atoms with Crippen LogP contribution in [0, 0.1) is 17.3 Å². The van der Waals surface area contributed by atoms with E-state index in [9.17, 15) is 10.2 Å². The van der Waals surface area contributed by atoms with Crippen LogP contribution in [-0.4, -0.2) is 48.5 Å². The average molecular weight is 436 g/mol. The van der Waals surface area contributed by atoms with E-state index in [-0.39, 0.29) is 11.5 Å². The van der Waals surface area contributed by atoms with Crippen molar-refractivity contribution >= 4 is 0 Å². The molecule has 2 aromatic rings. The molecule has 2 aromatic carbocycles. The molecule has 6 atom stereocenters. The number of benzene rings is 2. The highest BCUT2D eigenvalue weighted by molar-refractivity contribution is 5.43. The lowest BCUT2D eigenvalue weighted by atomic mass is 9.51. The van der Waals surface area contributed by atoms with E-state index in [1.54, 1.807) is 0 Å². The Bertz CT molecular complexity index is 956. The summed E-state index contributed by atoms with van der Waals surface area (Å²) >= 11 is 0. The van der Waals surface area contributed by atoms with Crippen LogP contribution in [0.4, 0.5) is 0 Å². The highest BCUT2D eigenvalue weighted by Gasteiger charge is 2.57. The third-order valence-electron chi connectivity index (χ3n) is 8.78. The Kier molecular flexibility index (Phi) is 5.71. The van der Waals surface area contributed by atoms with Gasteiger partial charge in [0.2, 0.25) is 0 Å². The summed E-state index contributed by atoms with van der Waals surface area (Å²) in [5.41, 5.74) is 4.06. The lowest BCUT2D eigenvalue weighted by Gasteiger charge is -2.54. The Hall–Kier alpha value is -2.04. The van der Waals surface area contributed by atoms with Crippen LogP contribution < -0.4 is 4.74 Å². The molecule has 32 heavy (non-hydrogen) atoms. The SMILES string of the molecule is CN(C)CCOc1ccc(C2CC3(C)C(O)CCC3C3CCc4cc(O)ccc4C23)cc1. The molecule has 0 saturated heterocycles. The number of ether oxygens (including phenoxy) is 1. The summed E-state index contributed by atoms with van der Waals surface area (Å²) in [4.78, 5) is 2.12. The number of hydrogen-bond acceptors (Lipinski definition) is 4. The molecule has 0 radical (unpaired) electrons. The Morgan fingerprint density at radius 3 is 2.59 bits per heavy atom. The van der Waals surface area contributed by atoms with Crippen molar-refractivity contribution in [2.24, 2.45) is 17.3 Å². The van der Waals surface area contributed by atoms with Crippen molar-refractivity contribution in [2.75, 3.05) is 27.2 Å². The minimum atomic E-state index is -0.203. The van der Waals surface area contributed by atoms with Gasteiger partial charge in [0, 0.05) is 6.54 Å². The van der Waals surface area contributed by atoms with Crippen molar-refractivity contribution in [3.05, 3.63) is 59.2 Å². The number of phenols is 1. The standard InChI is InChI=1S/C28H37NO3/c1-28-17-24(18-4-8-21(9-5-18)32-15-14-29(2)3)27-22-11-7-20(30)16-19(22)6-10-23(27)25(28)12-13-26(28)31/h4-5,7-9,11,16,23-27,30-31H,6,10,12-15,17H2,1-3H3. The van der Waals surface area contributed by atoms with Gasteiger partial charge in [0.1, 0.15) is 18.1 Å². The zero-order valence-corrected chi connectivity index (χ0v) is 19.6. The van der Waals surface area contributed by atoms with E-state index in [4.69, 9.17) is 4.74 Å². The van der Waals surface area contributed by atoms with Gasteiger partial charge in [-0.3, -0.25) is 0 Å². The Labute approximate surface area is 192 Å². The van der Waals surface area contributed by atoms with Gasteiger partial charge >= 0.3 is 0 Å². The molecule has 2 saturated carbocycles. The lowest BCUT2D eigenvalue weighted by Crippen LogP contribution is -2.47. The molecule has 0 spiro atoms. The van der Waals surface area contributed by atoms with Gasteiger partial charge in [0.05, 0.1) is 6.10 Å². The summed E-state index contributed by atoms with van der Waals surface area (Å²) in [7, 11) is 4.11. The summed E-state index contributed by atoms with van der Waals surface area (Å²) in [6.07, 6.45) is 5.05. The van der Waals surface area contributed by atoms with Crippen LogP contribution in [0.1, 0.15) is 61.1 Å². The molecule has 0 amide bonds. The predicted octanol–water partition coefficient (Wildman–Crippen LogP) is 4.94. The molecule has 6 unspecified atom stereocenters. The molecule has 4 heteroatoms. The van der Waals surface area contributed by atoms with E-state index in [1.165, 1.54) is 16.7 Å². The van der Waals surface area contributed by atoms with Crippen molar-refractivity contribution in [1.29, 1.82) is 0 Å². The fourth-order valence-electron chi connectivity index (χ4n) is 7.15. The monoisotopic (exact) mass is 435 g/mol. The summed E-state index contributed by atoms with van der Waals surface area (Å²) in [6.45, 7) is 3.92. The number of hydrogen-bond donors (Lipinski definition) is 2. The Morgan fingerprint density at radius 1 is 1.06 bits per heavy atom. The Morgan fingerprint density at radius 2 is 1.84 bits per heavy atom. The molecule has 4 nitrogen and oxygen atoms in total. The fraction of sp³-hybridized carbons (Fsp3) is 0.571. The Balaban J connectivity index is 1.48. The number of aromatic hydroxyl groups is 1. The smallest absolute Gasteiger partial charge is 0.119 e. The van der Waals surface area contributed by atoms with Crippen molar-refractivity contribution in [3.8, 4) is 11.5 Å². The van der Waals surface area contributed by atoms with Crippen molar-refractivity contribution in [2.45, 2.75) is 57.0 Å². The molecule has 0 aliphatic heterocycles. The largest absolute Gasteiger partial charge is 0.508 e. The molecular weight excluding hydrogens is 398 g/mol. The van der Waals surface area contributed by atoms with Crippen LogP contribution in [0.3, 0.4) is 0 Å². The van der Waals surface area contributed by atoms with Gasteiger partial charge in [-0.25, -0.2) is 0 Å². The van der Waals surface area contributed by atoms with Crippen LogP contribution in [-0.2, 0) is 6.42 Å². The van der Waals surface area contributed by atoms with Gasteiger partial charge in [0.15, 0.2) is 0 Å². The highest BCUT2D eigenvalue weighted by atomic mass is 16.5. The first-order valence-electron chi connectivity index (χ1n) is 12.2. The van der Waals surface area contributed by atoms with Gasteiger partial charge < -0.3 is 19.8 Å². The van der Waals surface area contributed by atoms with Gasteiger partial charge in [-0.1, -0.05) is 25.1 Å². The van der Waals surface area contributed by atoms with E-state index < -0.39 is 0 Å². The number of nitrogens with zero attached hydrogens (tertiary/aromatic N) is 1. The molecule has 5 rings (SSSR count). The van der Waals surface area contributed by atoms with Crippen molar-refractivity contribution in [3.63, 3.8) is 0 Å². The minimum Gasteiger partial charge on any atom is -0.508 e. The molecule has 0 heterocycles. The first-order chi connectivity index (χ1) is 15.4. The third kappa shape index (κ3) is 3.72. The summed E-state index contributed by atoms with van der Waals surface area (Å²) in [5, 5.41) is 21.1. The molecule has 3 aliphatic carbocycles. The summed E-state index contributed by atoms with van der Waals surface area (Å²) < 4.78 is 5.93. The number of phenolic OH excluding ortho intramolecular Hbond substituents is 1.